The van der Waals surface area contributed by atoms with Gasteiger partial charge >= 0.3 is 0 Å². The first-order valence-electron chi connectivity index (χ1n) is 5.78. The van der Waals surface area contributed by atoms with Gasteiger partial charge in [-0.1, -0.05) is 12.1 Å². The van der Waals surface area contributed by atoms with Crippen molar-refractivity contribution in [2.75, 3.05) is 0 Å². The third kappa shape index (κ3) is 1.33. The van der Waals surface area contributed by atoms with Crippen LogP contribution in [0.4, 0.5) is 0 Å². The number of hydrogen-bond acceptors (Lipinski definition) is 1. The van der Waals surface area contributed by atoms with Crippen LogP contribution in [0.1, 0.15) is 34.4 Å². The molecular formula is C14H16S. The first-order chi connectivity index (χ1) is 7.27. The summed E-state index contributed by atoms with van der Waals surface area (Å²) < 4.78 is 1.54. The third-order valence-electron chi connectivity index (χ3n) is 3.64. The van der Waals surface area contributed by atoms with E-state index in [1.54, 1.807) is 15.1 Å². The Hall–Kier alpha value is -0.820. The Balaban J connectivity index is 2.36. The van der Waals surface area contributed by atoms with Crippen molar-refractivity contribution in [1.82, 2.24) is 0 Å². The Morgan fingerprint density at radius 1 is 1.07 bits per heavy atom. The Labute approximate surface area is 94.9 Å². The average Bonchev–Trinajstić information content (AvgIpc) is 2.63. The molecule has 0 radical (unpaired) electrons. The van der Waals surface area contributed by atoms with Gasteiger partial charge in [0.1, 0.15) is 0 Å². The number of hydrogen-bond donors (Lipinski definition) is 0. The van der Waals surface area contributed by atoms with Crippen LogP contribution in [0.5, 0.6) is 0 Å². The average molecular weight is 216 g/mol. The highest BCUT2D eigenvalue weighted by Crippen LogP contribution is 2.38. The quantitative estimate of drug-likeness (QED) is 0.612. The summed E-state index contributed by atoms with van der Waals surface area (Å²) >= 11 is 2.04. The number of fused-ring (bicyclic) bond motifs is 3. The van der Waals surface area contributed by atoms with E-state index in [0.717, 1.165) is 0 Å². The molecule has 1 aliphatic rings. The van der Waals surface area contributed by atoms with Crippen LogP contribution in [-0.4, -0.2) is 0 Å². The molecule has 1 heterocycles. The van der Waals surface area contributed by atoms with Crippen LogP contribution in [0.3, 0.4) is 0 Å². The van der Waals surface area contributed by atoms with Gasteiger partial charge in [-0.25, -0.2) is 0 Å². The molecule has 1 aromatic heterocycles. The van der Waals surface area contributed by atoms with Gasteiger partial charge in [0.15, 0.2) is 0 Å². The molecule has 0 fully saturated rings. The summed E-state index contributed by atoms with van der Waals surface area (Å²) in [5.74, 6) is 0. The Morgan fingerprint density at radius 2 is 1.87 bits per heavy atom. The molecule has 1 aliphatic carbocycles. The number of thiophene rings is 1. The minimum Gasteiger partial charge on any atom is -0.140 e. The van der Waals surface area contributed by atoms with E-state index in [9.17, 15) is 0 Å². The van der Waals surface area contributed by atoms with Gasteiger partial charge in [0, 0.05) is 9.58 Å². The second kappa shape index (κ2) is 3.34. The Bertz CT molecular complexity index is 520. The normalized spacial score (nSPS) is 15.6. The lowest BCUT2D eigenvalue weighted by Gasteiger charge is -2.10. The zero-order valence-electron chi connectivity index (χ0n) is 9.39. The first kappa shape index (κ1) is 9.41. The van der Waals surface area contributed by atoms with Gasteiger partial charge in [-0.15, -0.1) is 11.3 Å². The van der Waals surface area contributed by atoms with E-state index in [0.29, 0.717) is 0 Å². The fraction of sp³-hybridized carbons (Fsp3) is 0.429. The summed E-state index contributed by atoms with van der Waals surface area (Å²) in [5, 5.41) is 1.54. The maximum Gasteiger partial charge on any atom is 0.0380 e. The molecule has 78 valence electrons. The van der Waals surface area contributed by atoms with Crippen molar-refractivity contribution in [2.45, 2.75) is 39.5 Å². The molecule has 0 N–H and O–H groups in total. The lowest BCUT2D eigenvalue weighted by molar-refractivity contribution is 0.700. The molecule has 3 rings (SSSR count). The van der Waals surface area contributed by atoms with Gasteiger partial charge < -0.3 is 0 Å². The summed E-state index contributed by atoms with van der Waals surface area (Å²) in [7, 11) is 0. The third-order valence-corrected chi connectivity index (χ3v) is 5.07. The summed E-state index contributed by atoms with van der Waals surface area (Å²) in [6.07, 6.45) is 5.38. The molecule has 0 aliphatic heterocycles. The number of benzene rings is 1. The highest BCUT2D eigenvalue weighted by Gasteiger charge is 2.16. The molecule has 1 heteroatoms. The van der Waals surface area contributed by atoms with Crippen molar-refractivity contribution >= 4 is 21.4 Å². The van der Waals surface area contributed by atoms with Crippen molar-refractivity contribution in [3.63, 3.8) is 0 Å². The van der Waals surface area contributed by atoms with Gasteiger partial charge in [0.25, 0.3) is 0 Å². The van der Waals surface area contributed by atoms with Crippen molar-refractivity contribution in [3.8, 4) is 0 Å². The maximum atomic E-state index is 2.33. The molecule has 0 bridgehead atoms. The molecule has 15 heavy (non-hydrogen) atoms. The van der Waals surface area contributed by atoms with Gasteiger partial charge in [0.05, 0.1) is 0 Å². The van der Waals surface area contributed by atoms with Crippen LogP contribution in [0, 0.1) is 13.8 Å². The van der Waals surface area contributed by atoms with E-state index >= 15 is 0 Å². The summed E-state index contributed by atoms with van der Waals surface area (Å²) in [5.41, 5.74) is 4.58. The van der Waals surface area contributed by atoms with Crippen molar-refractivity contribution in [1.29, 1.82) is 0 Å². The van der Waals surface area contributed by atoms with Crippen LogP contribution in [-0.2, 0) is 12.8 Å². The van der Waals surface area contributed by atoms with Crippen molar-refractivity contribution < 1.29 is 0 Å². The van der Waals surface area contributed by atoms with Gasteiger partial charge in [-0.2, -0.15) is 0 Å². The predicted molar refractivity (Wildman–Crippen MR) is 67.9 cm³/mol. The molecule has 0 atom stereocenters. The van der Waals surface area contributed by atoms with Gasteiger partial charge in [0.2, 0.25) is 0 Å². The largest absolute Gasteiger partial charge is 0.140 e. The van der Waals surface area contributed by atoms with Crippen LogP contribution in [0.25, 0.3) is 10.1 Å². The Morgan fingerprint density at radius 3 is 2.73 bits per heavy atom. The van der Waals surface area contributed by atoms with Crippen LogP contribution in [0.15, 0.2) is 12.1 Å². The highest BCUT2D eigenvalue weighted by molar-refractivity contribution is 7.19. The fourth-order valence-electron chi connectivity index (χ4n) is 2.56. The lowest BCUT2D eigenvalue weighted by atomic mass is 9.95. The van der Waals surface area contributed by atoms with Crippen LogP contribution in [0.2, 0.25) is 0 Å². The van der Waals surface area contributed by atoms with Crippen molar-refractivity contribution in [2.24, 2.45) is 0 Å². The summed E-state index contributed by atoms with van der Waals surface area (Å²) in [6, 6.07) is 4.61. The van der Waals surface area contributed by atoms with E-state index in [2.05, 4.69) is 26.0 Å². The second-order valence-electron chi connectivity index (χ2n) is 4.60. The van der Waals surface area contributed by atoms with E-state index in [1.807, 2.05) is 11.3 Å². The molecule has 0 unspecified atom stereocenters. The highest BCUT2D eigenvalue weighted by atomic mass is 32.1. The minimum atomic E-state index is 1.30. The molecular weight excluding hydrogens is 200 g/mol. The topological polar surface area (TPSA) is 0 Å². The molecule has 0 amide bonds. The second-order valence-corrected chi connectivity index (χ2v) is 5.70. The monoisotopic (exact) mass is 216 g/mol. The van der Waals surface area contributed by atoms with E-state index in [4.69, 9.17) is 0 Å². The van der Waals surface area contributed by atoms with Crippen LogP contribution >= 0.6 is 11.3 Å². The first-order valence-corrected chi connectivity index (χ1v) is 6.59. The standard InChI is InChI=1S/C14H16S/c1-9-7-8-12-11-5-3-4-6-13(11)15-14(12)10(9)2/h7-8H,3-6H2,1-2H3. The van der Waals surface area contributed by atoms with Crippen LogP contribution < -0.4 is 0 Å². The maximum absolute atomic E-state index is 2.33. The molecule has 0 spiro atoms. The van der Waals surface area contributed by atoms with Crippen molar-refractivity contribution in [3.05, 3.63) is 33.7 Å². The van der Waals surface area contributed by atoms with E-state index in [-0.39, 0.29) is 0 Å². The summed E-state index contributed by atoms with van der Waals surface area (Å²) in [6.45, 7) is 4.48. The molecule has 2 aromatic rings. The molecule has 0 nitrogen and oxygen atoms in total. The molecule has 0 saturated carbocycles. The van der Waals surface area contributed by atoms with Gasteiger partial charge in [-0.05, 0) is 61.6 Å². The smallest absolute Gasteiger partial charge is 0.0380 e. The Kier molecular flexibility index (Phi) is 2.10. The van der Waals surface area contributed by atoms with E-state index in [1.165, 1.54) is 42.2 Å². The molecule has 0 saturated heterocycles. The predicted octanol–water partition coefficient (Wildman–Crippen LogP) is 4.40. The molecule has 1 aromatic carbocycles. The number of rotatable bonds is 0. The SMILES string of the molecule is Cc1ccc2c3c(sc2c1C)CCCC3. The number of aryl methyl sites for hydroxylation is 4. The lowest BCUT2D eigenvalue weighted by Crippen LogP contribution is -1.97. The zero-order chi connectivity index (χ0) is 10.4. The van der Waals surface area contributed by atoms with E-state index < -0.39 is 0 Å². The minimum absolute atomic E-state index is 1.30. The van der Waals surface area contributed by atoms with Gasteiger partial charge in [-0.3, -0.25) is 0 Å². The fourth-order valence-corrected chi connectivity index (χ4v) is 4.00. The zero-order valence-corrected chi connectivity index (χ0v) is 10.2. The summed E-state index contributed by atoms with van der Waals surface area (Å²) in [4.78, 5) is 1.66.